The SMILES string of the molecule is CC(CC(=O)O)c1nc2nnccn2c1Cl. The van der Waals surface area contributed by atoms with Gasteiger partial charge in [-0.15, -0.1) is 5.10 Å². The first kappa shape index (κ1) is 10.8. The molecule has 0 aromatic carbocycles. The van der Waals surface area contributed by atoms with Gasteiger partial charge in [0.05, 0.1) is 18.3 Å². The number of aromatic nitrogens is 4. The van der Waals surface area contributed by atoms with E-state index in [0.717, 1.165) is 0 Å². The molecule has 0 saturated heterocycles. The number of fused-ring (bicyclic) bond motifs is 1. The van der Waals surface area contributed by atoms with Crippen LogP contribution in [0.25, 0.3) is 5.78 Å². The number of hydrogen-bond donors (Lipinski definition) is 1. The summed E-state index contributed by atoms with van der Waals surface area (Å²) in [5.74, 6) is -0.766. The van der Waals surface area contributed by atoms with Crippen molar-refractivity contribution in [2.45, 2.75) is 19.3 Å². The lowest BCUT2D eigenvalue weighted by atomic mass is 10.1. The van der Waals surface area contributed by atoms with E-state index in [9.17, 15) is 4.79 Å². The van der Waals surface area contributed by atoms with Crippen LogP contribution in [0.4, 0.5) is 0 Å². The van der Waals surface area contributed by atoms with Gasteiger partial charge in [0.2, 0.25) is 0 Å². The summed E-state index contributed by atoms with van der Waals surface area (Å²) in [4.78, 5) is 14.8. The van der Waals surface area contributed by atoms with E-state index in [2.05, 4.69) is 15.2 Å². The predicted molar refractivity (Wildman–Crippen MR) is 56.5 cm³/mol. The molecule has 2 aromatic heterocycles. The van der Waals surface area contributed by atoms with E-state index < -0.39 is 5.97 Å². The van der Waals surface area contributed by atoms with E-state index in [1.807, 2.05) is 0 Å². The van der Waals surface area contributed by atoms with Crippen molar-refractivity contribution in [2.24, 2.45) is 0 Å². The molecule has 2 rings (SSSR count). The van der Waals surface area contributed by atoms with Crippen LogP contribution in [0.1, 0.15) is 25.0 Å². The Kier molecular flexibility index (Phi) is 2.74. The van der Waals surface area contributed by atoms with Crippen molar-refractivity contribution in [2.75, 3.05) is 0 Å². The van der Waals surface area contributed by atoms with Crippen molar-refractivity contribution in [3.8, 4) is 0 Å². The van der Waals surface area contributed by atoms with Gasteiger partial charge in [-0.2, -0.15) is 5.10 Å². The number of carboxylic acid groups (broad SMARTS) is 1. The molecule has 1 unspecified atom stereocenters. The Morgan fingerprint density at radius 2 is 2.44 bits per heavy atom. The summed E-state index contributed by atoms with van der Waals surface area (Å²) in [6.07, 6.45) is 3.11. The molecule has 0 amide bonds. The molecule has 2 heterocycles. The number of aliphatic carboxylic acids is 1. The molecular weight excluding hydrogens is 232 g/mol. The summed E-state index contributed by atoms with van der Waals surface area (Å²) in [5, 5.41) is 16.6. The van der Waals surface area contributed by atoms with Gasteiger partial charge in [-0.3, -0.25) is 9.20 Å². The Labute approximate surface area is 95.9 Å². The average Bonchev–Trinajstić information content (AvgIpc) is 2.56. The van der Waals surface area contributed by atoms with Crippen molar-refractivity contribution < 1.29 is 9.90 Å². The van der Waals surface area contributed by atoms with Crippen LogP contribution in [0.15, 0.2) is 12.4 Å². The second-order valence-corrected chi connectivity index (χ2v) is 3.83. The molecule has 0 spiro atoms. The van der Waals surface area contributed by atoms with Crippen LogP contribution < -0.4 is 0 Å². The molecule has 16 heavy (non-hydrogen) atoms. The van der Waals surface area contributed by atoms with Gasteiger partial charge < -0.3 is 5.11 Å². The lowest BCUT2D eigenvalue weighted by molar-refractivity contribution is -0.137. The minimum absolute atomic E-state index is 0.0168. The maximum atomic E-state index is 10.6. The third kappa shape index (κ3) is 1.83. The zero-order valence-electron chi connectivity index (χ0n) is 8.46. The molecule has 84 valence electrons. The Bertz CT molecular complexity index is 539. The van der Waals surface area contributed by atoms with Crippen LogP contribution in [-0.2, 0) is 4.79 Å². The lowest BCUT2D eigenvalue weighted by Gasteiger charge is -2.04. The number of rotatable bonds is 3. The van der Waals surface area contributed by atoms with E-state index in [4.69, 9.17) is 16.7 Å². The average molecular weight is 241 g/mol. The van der Waals surface area contributed by atoms with Crippen molar-refractivity contribution in [1.29, 1.82) is 0 Å². The van der Waals surface area contributed by atoms with Gasteiger partial charge in [0.25, 0.3) is 5.78 Å². The smallest absolute Gasteiger partial charge is 0.304 e. The third-order valence-electron chi connectivity index (χ3n) is 2.24. The van der Waals surface area contributed by atoms with E-state index in [-0.39, 0.29) is 12.3 Å². The van der Waals surface area contributed by atoms with Crippen LogP contribution >= 0.6 is 11.6 Å². The number of carboxylic acids is 1. The number of halogens is 1. The molecule has 0 aliphatic rings. The van der Waals surface area contributed by atoms with Gasteiger partial charge in [-0.1, -0.05) is 18.5 Å². The molecule has 0 radical (unpaired) electrons. The van der Waals surface area contributed by atoms with E-state index >= 15 is 0 Å². The van der Waals surface area contributed by atoms with Crippen LogP contribution in [-0.4, -0.2) is 30.7 Å². The zero-order valence-corrected chi connectivity index (χ0v) is 9.22. The predicted octanol–water partition coefficient (Wildman–Crippen LogP) is 1.36. The minimum atomic E-state index is -0.883. The first-order chi connectivity index (χ1) is 7.59. The summed E-state index contributed by atoms with van der Waals surface area (Å²) in [5.41, 5.74) is 0.532. The summed E-state index contributed by atoms with van der Waals surface area (Å²) in [6.45, 7) is 1.76. The monoisotopic (exact) mass is 240 g/mol. The largest absolute Gasteiger partial charge is 0.481 e. The molecule has 0 bridgehead atoms. The zero-order chi connectivity index (χ0) is 11.7. The fraction of sp³-hybridized carbons (Fsp3) is 0.333. The van der Waals surface area contributed by atoms with Gasteiger partial charge in [0, 0.05) is 12.1 Å². The van der Waals surface area contributed by atoms with Gasteiger partial charge in [0.15, 0.2) is 0 Å². The van der Waals surface area contributed by atoms with Gasteiger partial charge in [-0.25, -0.2) is 4.98 Å². The second kappa shape index (κ2) is 4.05. The summed E-state index contributed by atoms with van der Waals surface area (Å²) >= 11 is 6.08. The van der Waals surface area contributed by atoms with Crippen LogP contribution in [0.3, 0.4) is 0 Å². The van der Waals surface area contributed by atoms with Gasteiger partial charge >= 0.3 is 5.97 Å². The van der Waals surface area contributed by atoms with Crippen molar-refractivity contribution in [1.82, 2.24) is 19.6 Å². The van der Waals surface area contributed by atoms with Gasteiger partial charge in [0.1, 0.15) is 5.15 Å². The maximum absolute atomic E-state index is 10.6. The molecule has 7 heteroatoms. The fourth-order valence-corrected chi connectivity index (χ4v) is 1.84. The standard InChI is InChI=1S/C9H9ClN4O2/c1-5(4-6(15)16)7-8(10)14-3-2-11-13-9(14)12-7/h2-3,5H,4H2,1H3,(H,15,16). The van der Waals surface area contributed by atoms with Crippen molar-refractivity contribution in [3.63, 3.8) is 0 Å². The van der Waals surface area contributed by atoms with Crippen LogP contribution in [0, 0.1) is 0 Å². The summed E-state index contributed by atoms with van der Waals surface area (Å²) in [7, 11) is 0. The molecule has 6 nitrogen and oxygen atoms in total. The normalized spacial score (nSPS) is 12.9. The third-order valence-corrected chi connectivity index (χ3v) is 2.61. The number of imidazole rings is 1. The van der Waals surface area contributed by atoms with Crippen LogP contribution in [0.5, 0.6) is 0 Å². The van der Waals surface area contributed by atoms with Crippen LogP contribution in [0.2, 0.25) is 5.15 Å². The molecule has 0 fully saturated rings. The summed E-state index contributed by atoms with van der Waals surface area (Å²) in [6, 6.07) is 0. The lowest BCUT2D eigenvalue weighted by Crippen LogP contribution is -2.03. The Morgan fingerprint density at radius 1 is 1.69 bits per heavy atom. The molecule has 0 aliphatic carbocycles. The Hall–Kier alpha value is -1.69. The van der Waals surface area contributed by atoms with E-state index in [1.165, 1.54) is 6.20 Å². The van der Waals surface area contributed by atoms with Crippen molar-refractivity contribution >= 4 is 23.3 Å². The second-order valence-electron chi connectivity index (χ2n) is 3.47. The number of nitrogens with zero attached hydrogens (tertiary/aromatic N) is 4. The van der Waals surface area contributed by atoms with E-state index in [1.54, 1.807) is 17.5 Å². The molecule has 0 aliphatic heterocycles. The molecular formula is C9H9ClN4O2. The topological polar surface area (TPSA) is 80.4 Å². The number of hydrogen-bond acceptors (Lipinski definition) is 4. The van der Waals surface area contributed by atoms with E-state index in [0.29, 0.717) is 16.6 Å². The van der Waals surface area contributed by atoms with Crippen molar-refractivity contribution in [3.05, 3.63) is 23.2 Å². The first-order valence-corrected chi connectivity index (χ1v) is 5.04. The maximum Gasteiger partial charge on any atom is 0.304 e. The highest BCUT2D eigenvalue weighted by atomic mass is 35.5. The summed E-state index contributed by atoms with van der Waals surface area (Å²) < 4.78 is 1.57. The molecule has 0 saturated carbocycles. The number of carbonyl (C=O) groups is 1. The highest BCUT2D eigenvalue weighted by Gasteiger charge is 2.19. The highest BCUT2D eigenvalue weighted by Crippen LogP contribution is 2.26. The minimum Gasteiger partial charge on any atom is -0.481 e. The fourth-order valence-electron chi connectivity index (χ4n) is 1.48. The Morgan fingerprint density at radius 3 is 3.06 bits per heavy atom. The highest BCUT2D eigenvalue weighted by molar-refractivity contribution is 6.30. The van der Waals surface area contributed by atoms with Gasteiger partial charge in [-0.05, 0) is 0 Å². The molecule has 2 aromatic rings. The quantitative estimate of drug-likeness (QED) is 0.876. The first-order valence-electron chi connectivity index (χ1n) is 4.66. The Balaban J connectivity index is 2.45. The molecule has 1 N–H and O–H groups in total. The molecule has 1 atom stereocenters.